The summed E-state index contributed by atoms with van der Waals surface area (Å²) in [7, 11) is 0. The first-order valence-electron chi connectivity index (χ1n) is 19.1. The smallest absolute Gasteiger partial charge is 0.410 e. The molecule has 2 saturated carbocycles. The minimum absolute atomic E-state index is 0.0735. The van der Waals surface area contributed by atoms with Crippen molar-refractivity contribution in [2.24, 2.45) is 5.92 Å². The molecule has 13 heteroatoms. The first-order valence-corrected chi connectivity index (χ1v) is 19.1. The number of hydrogen-bond donors (Lipinski definition) is 3. The fourth-order valence-electron chi connectivity index (χ4n) is 9.78. The molecule has 2 aromatic rings. The second-order valence-corrected chi connectivity index (χ2v) is 17.5. The summed E-state index contributed by atoms with van der Waals surface area (Å²) in [6.07, 6.45) is 12.7. The Labute approximate surface area is 295 Å². The van der Waals surface area contributed by atoms with Gasteiger partial charge in [0.1, 0.15) is 22.9 Å². The Kier molecular flexibility index (Phi) is 8.70. The lowest BCUT2D eigenvalue weighted by molar-refractivity contribution is -0.184. The molecule has 274 valence electrons. The molecule has 9 unspecified atom stereocenters. The van der Waals surface area contributed by atoms with Crippen molar-refractivity contribution in [3.05, 3.63) is 35.4 Å². The van der Waals surface area contributed by atoms with Crippen LogP contribution in [0.25, 0.3) is 0 Å². The molecule has 2 aliphatic carbocycles. The quantitative estimate of drug-likeness (QED) is 0.349. The largest absolute Gasteiger partial charge is 0.444 e. The van der Waals surface area contributed by atoms with Gasteiger partial charge in [0.15, 0.2) is 0 Å². The average molecular weight is 693 g/mol. The van der Waals surface area contributed by atoms with Crippen molar-refractivity contribution in [3.63, 3.8) is 0 Å². The number of carbonyl (C=O) groups excluding carboxylic acids is 2. The molecule has 0 bridgehead atoms. The number of ether oxygens (including phenoxy) is 3. The van der Waals surface area contributed by atoms with Crippen molar-refractivity contribution < 1.29 is 23.8 Å². The number of aromatic amines is 2. The van der Waals surface area contributed by atoms with Crippen LogP contribution in [0.2, 0.25) is 0 Å². The third-order valence-electron chi connectivity index (χ3n) is 11.9. The second kappa shape index (κ2) is 12.8. The van der Waals surface area contributed by atoms with Crippen LogP contribution in [-0.4, -0.2) is 102 Å². The van der Waals surface area contributed by atoms with Crippen LogP contribution in [0.1, 0.15) is 146 Å². The summed E-state index contributed by atoms with van der Waals surface area (Å²) in [5, 5.41) is 2.57. The van der Waals surface area contributed by atoms with Crippen LogP contribution in [0.4, 0.5) is 9.59 Å². The fourth-order valence-corrected chi connectivity index (χ4v) is 9.78. The van der Waals surface area contributed by atoms with Crippen molar-refractivity contribution in [2.75, 3.05) is 19.6 Å². The van der Waals surface area contributed by atoms with E-state index in [1.165, 1.54) is 5.69 Å². The number of H-pyrrole nitrogens is 2. The topological polar surface area (TPSA) is 141 Å². The number of imidazole rings is 2. The zero-order valence-electron chi connectivity index (χ0n) is 30.6. The van der Waals surface area contributed by atoms with E-state index in [0.29, 0.717) is 42.9 Å². The van der Waals surface area contributed by atoms with Crippen LogP contribution >= 0.6 is 0 Å². The summed E-state index contributed by atoms with van der Waals surface area (Å²) in [6, 6.07) is 0.531. The summed E-state index contributed by atoms with van der Waals surface area (Å²) in [5.74, 6) is 2.88. The molecule has 9 atom stereocenters. The molecule has 6 fully saturated rings. The lowest BCUT2D eigenvalue weighted by Crippen LogP contribution is -2.64. The number of fused-ring (bicyclic) bond motifs is 2. The monoisotopic (exact) mass is 692 g/mol. The number of nitrogens with zero attached hydrogens (tertiary/aromatic N) is 5. The predicted molar refractivity (Wildman–Crippen MR) is 185 cm³/mol. The first-order chi connectivity index (χ1) is 23.8. The number of nitrogens with one attached hydrogen (secondary N) is 3. The lowest BCUT2D eigenvalue weighted by Gasteiger charge is -2.53. The van der Waals surface area contributed by atoms with E-state index in [0.717, 1.165) is 81.7 Å². The van der Waals surface area contributed by atoms with Crippen LogP contribution < -0.4 is 5.43 Å². The van der Waals surface area contributed by atoms with E-state index in [1.54, 1.807) is 0 Å². The molecule has 13 nitrogen and oxygen atoms in total. The highest BCUT2D eigenvalue weighted by Crippen LogP contribution is 2.50. The number of hydrazine groups is 1. The van der Waals surface area contributed by atoms with E-state index in [2.05, 4.69) is 20.4 Å². The predicted octanol–water partition coefficient (Wildman–Crippen LogP) is 6.06. The second-order valence-electron chi connectivity index (χ2n) is 17.5. The van der Waals surface area contributed by atoms with E-state index in [9.17, 15) is 9.59 Å². The zero-order chi connectivity index (χ0) is 34.9. The number of carbonyl (C=O) groups is 2. The molecular formula is C37H56N8O5. The summed E-state index contributed by atoms with van der Waals surface area (Å²) in [4.78, 5) is 46.5. The van der Waals surface area contributed by atoms with Gasteiger partial charge in [0.2, 0.25) is 0 Å². The number of amides is 2. The lowest BCUT2D eigenvalue weighted by atomic mass is 9.71. The Hall–Kier alpha value is -3.16. The summed E-state index contributed by atoms with van der Waals surface area (Å²) in [5.41, 5.74) is 5.12. The van der Waals surface area contributed by atoms with Gasteiger partial charge in [-0.3, -0.25) is 15.2 Å². The van der Waals surface area contributed by atoms with Crippen molar-refractivity contribution in [3.8, 4) is 0 Å². The average Bonchev–Trinajstić information content (AvgIpc) is 3.88. The number of morpholine rings is 1. The molecule has 2 amide bonds. The van der Waals surface area contributed by atoms with Gasteiger partial charge in [-0.2, -0.15) is 0 Å². The Bertz CT molecular complexity index is 1560. The van der Waals surface area contributed by atoms with E-state index >= 15 is 0 Å². The summed E-state index contributed by atoms with van der Waals surface area (Å²) >= 11 is 0. The molecule has 3 N–H and O–H groups in total. The summed E-state index contributed by atoms with van der Waals surface area (Å²) < 4.78 is 18.4. The molecular weight excluding hydrogens is 636 g/mol. The van der Waals surface area contributed by atoms with Crippen LogP contribution in [0.3, 0.4) is 0 Å². The molecule has 0 radical (unpaired) electrons. The Morgan fingerprint density at radius 2 is 1.38 bits per heavy atom. The maximum atomic E-state index is 13.0. The zero-order valence-corrected chi connectivity index (χ0v) is 30.6. The highest BCUT2D eigenvalue weighted by Gasteiger charge is 2.56. The van der Waals surface area contributed by atoms with Gasteiger partial charge in [-0.15, -0.1) is 0 Å². The van der Waals surface area contributed by atoms with Gasteiger partial charge in [-0.25, -0.2) is 24.6 Å². The number of hydrogen-bond acceptors (Lipinski definition) is 9. The molecule has 4 saturated heterocycles. The Balaban J connectivity index is 0.911. The minimum atomic E-state index is -0.524. The van der Waals surface area contributed by atoms with Crippen LogP contribution in [-0.2, 0) is 14.2 Å². The van der Waals surface area contributed by atoms with Gasteiger partial charge in [0.05, 0.1) is 36.4 Å². The molecule has 8 rings (SSSR count). The number of rotatable bonds is 4. The molecule has 0 aromatic carbocycles. The van der Waals surface area contributed by atoms with E-state index < -0.39 is 11.2 Å². The van der Waals surface area contributed by atoms with Gasteiger partial charge >= 0.3 is 12.2 Å². The third-order valence-corrected chi connectivity index (χ3v) is 11.9. The SMILES string of the molecule is CC(C)(C)OC(=O)N1CCCC1c1ncc(C2CCC3C(C2)OC2CCC(c4cnc(C5CCCN5C(=O)OC(C)(C)C)[nH]4)C4CNN3C24)[nH]1. The fraction of sp³-hybridized carbons (Fsp3) is 0.784. The van der Waals surface area contributed by atoms with Crippen LogP contribution in [0.5, 0.6) is 0 Å². The highest BCUT2D eigenvalue weighted by atomic mass is 16.6. The highest BCUT2D eigenvalue weighted by molar-refractivity contribution is 5.69. The van der Waals surface area contributed by atoms with Gasteiger partial charge in [-0.05, 0) is 99.3 Å². The van der Waals surface area contributed by atoms with Gasteiger partial charge < -0.3 is 24.2 Å². The van der Waals surface area contributed by atoms with E-state index in [1.807, 2.05) is 63.7 Å². The number of aromatic nitrogens is 4. The third kappa shape index (κ3) is 6.42. The standard InChI is InChI=1S/C37H56N8O5/c1-36(2,3)49-34(46)43-15-7-9-27(43)32-38-19-24(41-32)21-11-13-26-30(17-21)48-29-14-12-22(23-18-40-45(26)31(23)29)25-20-39-33(42-25)28-10-8-16-44(28)35(47)50-37(4,5)6/h19-23,26-31,40H,7-18H2,1-6H3,(H,38,41)(H,39,42). The molecule has 0 spiro atoms. The van der Waals surface area contributed by atoms with Crippen molar-refractivity contribution in [1.82, 2.24) is 40.2 Å². The van der Waals surface area contributed by atoms with Crippen LogP contribution in [0, 0.1) is 5.92 Å². The summed E-state index contributed by atoms with van der Waals surface area (Å²) in [6.45, 7) is 13.8. The van der Waals surface area contributed by atoms with Gasteiger partial charge in [-0.1, -0.05) is 0 Å². The Morgan fingerprint density at radius 1 is 0.780 bits per heavy atom. The van der Waals surface area contributed by atoms with Crippen molar-refractivity contribution in [1.29, 1.82) is 0 Å². The van der Waals surface area contributed by atoms with E-state index in [-0.39, 0.29) is 36.5 Å². The van der Waals surface area contributed by atoms with Crippen LogP contribution in [0.15, 0.2) is 12.4 Å². The van der Waals surface area contributed by atoms with Crippen molar-refractivity contribution >= 4 is 12.2 Å². The normalized spacial score (nSPS) is 34.5. The van der Waals surface area contributed by atoms with E-state index in [4.69, 9.17) is 24.2 Å². The van der Waals surface area contributed by atoms with Gasteiger partial charge in [0, 0.05) is 61.2 Å². The first kappa shape index (κ1) is 34.0. The molecule has 6 heterocycles. The number of likely N-dealkylation sites (tertiary alicyclic amines) is 2. The minimum Gasteiger partial charge on any atom is -0.444 e. The van der Waals surface area contributed by atoms with Crippen molar-refractivity contribution in [2.45, 2.75) is 159 Å². The van der Waals surface area contributed by atoms with Gasteiger partial charge in [0.25, 0.3) is 0 Å². The Morgan fingerprint density at radius 3 is 2.00 bits per heavy atom. The maximum absolute atomic E-state index is 13.0. The maximum Gasteiger partial charge on any atom is 0.410 e. The molecule has 2 aromatic heterocycles. The molecule has 6 aliphatic rings. The molecule has 50 heavy (non-hydrogen) atoms. The molecule has 4 aliphatic heterocycles.